The average molecular weight is 761 g/mol. The zero-order chi connectivity index (χ0) is 30.5. The Bertz CT molecular complexity index is 1960. The third-order valence-corrected chi connectivity index (χ3v) is 15.1. The van der Waals surface area contributed by atoms with Crippen molar-refractivity contribution in [1.29, 1.82) is 0 Å². The summed E-state index contributed by atoms with van der Waals surface area (Å²) in [4.78, 5) is 0. The van der Waals surface area contributed by atoms with Crippen LogP contribution in [0.15, 0.2) is 121 Å². The Labute approximate surface area is 314 Å². The maximum atomic E-state index is 2.45. The second kappa shape index (κ2) is 15.2. The standard InChI is InChI=1S/2C21H19Si.2ClH.Zr/c2*1-14-12-16-8-4-6-10-18(16)20(14)22(3)21-15(2)13-17-9-5-7-11-19(17)21;;;/h2*4-13H,1-3H3;2*1H;/q2*-2;;;+2/p-2. The molecule has 0 saturated heterocycles. The Morgan fingerprint density at radius 2 is 0.553 bits per heavy atom. The van der Waals surface area contributed by atoms with Crippen molar-refractivity contribution in [2.75, 3.05) is 0 Å². The quantitative estimate of drug-likeness (QED) is 0.192. The smallest absolute Gasteiger partial charge is 1.00 e. The summed E-state index contributed by atoms with van der Waals surface area (Å²) in [5.74, 6) is 0. The van der Waals surface area contributed by atoms with Crippen molar-refractivity contribution in [2.24, 2.45) is 0 Å². The van der Waals surface area contributed by atoms with E-state index in [9.17, 15) is 0 Å². The number of hydrogen-bond acceptors (Lipinski definition) is 0. The molecule has 0 bridgehead atoms. The minimum atomic E-state index is -0.769. The SMILES string of the molecule is Cc1cc2ccccc2[c-]1[Si](C)[c-]1c(C)cc2ccccc21.Cc1cc2ccccc2[c-]1[Si](C)[c-]1c(C)cc2ccccc21.[Cl-].[Cl-].[Zr+2]. The fourth-order valence-electron chi connectivity index (χ4n) is 7.71. The molecule has 0 nitrogen and oxygen atoms in total. The predicted octanol–water partition coefficient (Wildman–Crippen LogP) is 2.58. The monoisotopic (exact) mass is 758 g/mol. The maximum absolute atomic E-state index is 2.45. The van der Waals surface area contributed by atoms with E-state index in [-0.39, 0.29) is 51.0 Å². The van der Waals surface area contributed by atoms with Gasteiger partial charge in [0.2, 0.25) is 0 Å². The molecule has 0 spiro atoms. The van der Waals surface area contributed by atoms with Crippen LogP contribution in [0.25, 0.3) is 43.1 Å². The third kappa shape index (κ3) is 6.63. The molecule has 8 aromatic rings. The van der Waals surface area contributed by atoms with Gasteiger partial charge in [-0.25, -0.2) is 0 Å². The van der Waals surface area contributed by atoms with Crippen LogP contribution in [0.3, 0.4) is 0 Å². The van der Waals surface area contributed by atoms with Crippen molar-refractivity contribution in [3.8, 4) is 0 Å². The van der Waals surface area contributed by atoms with E-state index in [1.165, 1.54) is 65.3 Å². The summed E-state index contributed by atoms with van der Waals surface area (Å²) in [5.41, 5.74) is 5.79. The molecule has 0 unspecified atom stereocenters. The van der Waals surface area contributed by atoms with Crippen molar-refractivity contribution in [1.82, 2.24) is 0 Å². The van der Waals surface area contributed by atoms with E-state index in [1.54, 1.807) is 20.7 Å². The summed E-state index contributed by atoms with van der Waals surface area (Å²) in [6, 6.07) is 44.6. The number of rotatable bonds is 4. The van der Waals surface area contributed by atoms with Gasteiger partial charge in [-0.1, -0.05) is 65.1 Å². The summed E-state index contributed by atoms with van der Waals surface area (Å²) < 4.78 is 0. The van der Waals surface area contributed by atoms with Gasteiger partial charge in [-0.05, 0) is 0 Å². The first-order valence-electron chi connectivity index (χ1n) is 15.6. The molecule has 0 heterocycles. The second-order valence-corrected chi connectivity index (χ2v) is 16.9. The Morgan fingerprint density at radius 3 is 0.766 bits per heavy atom. The molecule has 8 rings (SSSR count). The van der Waals surface area contributed by atoms with Crippen molar-refractivity contribution < 1.29 is 51.0 Å². The van der Waals surface area contributed by atoms with Crippen LogP contribution in [0.1, 0.15) is 22.3 Å². The molecule has 0 N–H and O–H groups in total. The Balaban J connectivity index is 0.000000200. The summed E-state index contributed by atoms with van der Waals surface area (Å²) in [6.45, 7) is 14.0. The molecule has 0 aliphatic carbocycles. The van der Waals surface area contributed by atoms with Crippen molar-refractivity contribution in [2.45, 2.75) is 40.8 Å². The summed E-state index contributed by atoms with van der Waals surface area (Å²) in [7, 11) is -1.54. The molecule has 0 amide bonds. The number of benzene rings is 4. The molecule has 0 aliphatic heterocycles. The number of halogens is 2. The molecule has 8 aromatic carbocycles. The van der Waals surface area contributed by atoms with E-state index in [1.807, 2.05) is 0 Å². The van der Waals surface area contributed by atoms with Crippen LogP contribution in [-0.4, -0.2) is 17.6 Å². The third-order valence-electron chi connectivity index (χ3n) is 9.49. The van der Waals surface area contributed by atoms with Crippen LogP contribution in [0.5, 0.6) is 0 Å². The maximum Gasteiger partial charge on any atom is 2.00 e. The number of fused-ring (bicyclic) bond motifs is 4. The van der Waals surface area contributed by atoms with E-state index >= 15 is 0 Å². The van der Waals surface area contributed by atoms with E-state index in [2.05, 4.69) is 162 Å². The van der Waals surface area contributed by atoms with Gasteiger partial charge >= 0.3 is 26.2 Å². The zero-order valence-electron chi connectivity index (χ0n) is 27.8. The zero-order valence-corrected chi connectivity index (χ0v) is 33.8. The van der Waals surface area contributed by atoms with E-state index in [0.717, 1.165) is 0 Å². The molecule has 0 aromatic heterocycles. The largest absolute Gasteiger partial charge is 2.00 e. The number of hydrogen-bond donors (Lipinski definition) is 0. The fraction of sp³-hybridized carbons (Fsp3) is 0.143. The molecule has 0 fully saturated rings. The predicted molar refractivity (Wildman–Crippen MR) is 199 cm³/mol. The Morgan fingerprint density at radius 1 is 0.362 bits per heavy atom. The molecule has 47 heavy (non-hydrogen) atoms. The minimum absolute atomic E-state index is 0. The average Bonchev–Trinajstić information content (AvgIpc) is 3.74. The van der Waals surface area contributed by atoms with E-state index in [0.29, 0.717) is 0 Å². The first-order chi connectivity index (χ1) is 21.3. The fourth-order valence-corrected chi connectivity index (χ4v) is 13.4. The van der Waals surface area contributed by atoms with Gasteiger partial charge in [0.05, 0.1) is 0 Å². The van der Waals surface area contributed by atoms with Crippen molar-refractivity contribution in [3.63, 3.8) is 0 Å². The van der Waals surface area contributed by atoms with Crippen LogP contribution < -0.4 is 45.6 Å². The van der Waals surface area contributed by atoms with Gasteiger partial charge in [-0.15, -0.1) is 159 Å². The van der Waals surface area contributed by atoms with E-state index in [4.69, 9.17) is 0 Å². The van der Waals surface area contributed by atoms with Crippen LogP contribution in [0.4, 0.5) is 0 Å². The Hall–Kier alpha value is -2.78. The minimum Gasteiger partial charge on any atom is -1.00 e. The molecule has 2 radical (unpaired) electrons. The normalized spacial score (nSPS) is 11.1. The topological polar surface area (TPSA) is 0 Å². The van der Waals surface area contributed by atoms with Gasteiger partial charge in [0, 0.05) is 17.6 Å². The first kappa shape index (κ1) is 37.0. The van der Waals surface area contributed by atoms with Gasteiger partial charge in [0.1, 0.15) is 0 Å². The van der Waals surface area contributed by atoms with Crippen LogP contribution in [-0.2, 0) is 26.2 Å². The molecular weight excluding hydrogens is 723 g/mol. The van der Waals surface area contributed by atoms with Crippen LogP contribution >= 0.6 is 0 Å². The summed E-state index contributed by atoms with van der Waals surface area (Å²) in [5, 5.41) is 17.6. The van der Waals surface area contributed by atoms with Gasteiger partial charge < -0.3 is 24.8 Å². The molecule has 5 heteroatoms. The second-order valence-electron chi connectivity index (χ2n) is 12.4. The van der Waals surface area contributed by atoms with Crippen LogP contribution in [0.2, 0.25) is 13.1 Å². The molecular formula is C42H38Cl2Si2Zr-4. The van der Waals surface area contributed by atoms with Crippen LogP contribution in [0, 0.1) is 27.7 Å². The van der Waals surface area contributed by atoms with Gasteiger partial charge in [0.25, 0.3) is 0 Å². The van der Waals surface area contributed by atoms with Gasteiger partial charge in [-0.2, -0.15) is 24.3 Å². The van der Waals surface area contributed by atoms with Gasteiger partial charge in [0.15, 0.2) is 0 Å². The molecule has 236 valence electrons. The summed E-state index contributed by atoms with van der Waals surface area (Å²) in [6.07, 6.45) is 0. The van der Waals surface area contributed by atoms with Crippen molar-refractivity contribution in [3.05, 3.63) is 144 Å². The first-order valence-corrected chi connectivity index (χ1v) is 19.6. The van der Waals surface area contributed by atoms with Gasteiger partial charge in [-0.3, -0.25) is 0 Å². The Kier molecular flexibility index (Phi) is 12.0. The van der Waals surface area contributed by atoms with Crippen molar-refractivity contribution >= 4 is 81.4 Å². The van der Waals surface area contributed by atoms with E-state index < -0.39 is 17.6 Å². The molecule has 0 aliphatic rings. The summed E-state index contributed by atoms with van der Waals surface area (Å²) >= 11 is 0. The molecule has 0 saturated carbocycles. The molecule has 0 atom stereocenters. The number of aryl methyl sites for hydroxylation is 4.